The topological polar surface area (TPSA) is 113 Å². The number of nitrogens with two attached hydrogens (primary N) is 1. The summed E-state index contributed by atoms with van der Waals surface area (Å²) in [7, 11) is 1.62. The van der Waals surface area contributed by atoms with Crippen LogP contribution in [0.1, 0.15) is 19.3 Å². The largest absolute Gasteiger partial charge is 0.381 e. The van der Waals surface area contributed by atoms with E-state index in [1.165, 1.54) is 0 Å². The first-order chi connectivity index (χ1) is 7.64. The van der Waals surface area contributed by atoms with E-state index in [1.807, 2.05) is 0 Å². The van der Waals surface area contributed by atoms with Crippen LogP contribution < -0.4 is 11.1 Å². The molecule has 0 aromatic carbocycles. The predicted octanol–water partition coefficient (Wildman–Crippen LogP) is 0.309. The quantitative estimate of drug-likeness (QED) is 0.282. The summed E-state index contributed by atoms with van der Waals surface area (Å²) < 4.78 is 5.12. The Bertz CT molecular complexity index is 294. The summed E-state index contributed by atoms with van der Waals surface area (Å²) in [6.45, 7) is 1.03. The van der Waals surface area contributed by atoms with Crippen LogP contribution in [0.5, 0.6) is 0 Å². The highest BCUT2D eigenvalue weighted by atomic mass is 16.5. The molecule has 3 N–H and O–H groups in total. The molecule has 0 aromatic heterocycles. The van der Waals surface area contributed by atoms with E-state index in [0.717, 1.165) is 0 Å². The number of ether oxygens (including phenoxy) is 1. The molecule has 1 aliphatic rings. The van der Waals surface area contributed by atoms with Crippen molar-refractivity contribution in [1.29, 1.82) is 0 Å². The number of rotatable bonds is 7. The van der Waals surface area contributed by atoms with Crippen molar-refractivity contribution in [3.8, 4) is 0 Å². The van der Waals surface area contributed by atoms with Gasteiger partial charge in [-0.15, -0.1) is 0 Å². The summed E-state index contributed by atoms with van der Waals surface area (Å²) in [4.78, 5) is 14.0. The number of hydrogen-bond acceptors (Lipinski definition) is 4. The van der Waals surface area contributed by atoms with Crippen molar-refractivity contribution >= 4 is 5.91 Å². The van der Waals surface area contributed by atoms with E-state index < -0.39 is 5.54 Å². The highest BCUT2D eigenvalue weighted by molar-refractivity contribution is 5.86. The molecular weight excluding hydrogens is 210 g/mol. The minimum absolute atomic E-state index is 0.108. The monoisotopic (exact) mass is 227 g/mol. The maximum atomic E-state index is 11.3. The van der Waals surface area contributed by atoms with Gasteiger partial charge in [-0.25, -0.2) is 0 Å². The van der Waals surface area contributed by atoms with Gasteiger partial charge < -0.3 is 15.8 Å². The summed E-state index contributed by atoms with van der Waals surface area (Å²) in [6.07, 6.45) is 2.02. The van der Waals surface area contributed by atoms with E-state index in [1.54, 1.807) is 7.11 Å². The standard InChI is InChI=1S/C9H17N5O2/c1-16-7-5-9(6-7,8(10)15)12-3-2-4-13-14-11/h7,12H,2-6H2,1H3,(H2,10,15). The molecule has 0 atom stereocenters. The van der Waals surface area contributed by atoms with Gasteiger partial charge in [0.2, 0.25) is 5.91 Å². The van der Waals surface area contributed by atoms with Gasteiger partial charge in [-0.2, -0.15) is 0 Å². The molecule has 16 heavy (non-hydrogen) atoms. The molecular formula is C9H17N5O2. The molecule has 0 saturated heterocycles. The van der Waals surface area contributed by atoms with Crippen LogP contribution in [-0.4, -0.2) is 37.7 Å². The summed E-state index contributed by atoms with van der Waals surface area (Å²) in [5.74, 6) is -0.343. The lowest BCUT2D eigenvalue weighted by Gasteiger charge is -2.45. The van der Waals surface area contributed by atoms with Crippen molar-refractivity contribution < 1.29 is 9.53 Å². The minimum Gasteiger partial charge on any atom is -0.381 e. The summed E-state index contributed by atoms with van der Waals surface area (Å²) in [5.41, 5.74) is 12.8. The van der Waals surface area contributed by atoms with E-state index in [9.17, 15) is 4.79 Å². The van der Waals surface area contributed by atoms with Gasteiger partial charge in [-0.3, -0.25) is 4.79 Å². The maximum Gasteiger partial charge on any atom is 0.237 e. The molecule has 1 aliphatic carbocycles. The Morgan fingerprint density at radius 1 is 1.75 bits per heavy atom. The number of nitrogens with one attached hydrogen (secondary N) is 1. The minimum atomic E-state index is -0.628. The second-order valence-electron chi connectivity index (χ2n) is 3.95. The lowest BCUT2D eigenvalue weighted by Crippen LogP contribution is -2.65. The fourth-order valence-corrected chi connectivity index (χ4v) is 1.84. The summed E-state index contributed by atoms with van der Waals surface area (Å²) in [6, 6.07) is 0. The second kappa shape index (κ2) is 5.69. The number of amides is 1. The van der Waals surface area contributed by atoms with Crippen LogP contribution in [0.25, 0.3) is 10.4 Å². The zero-order valence-electron chi connectivity index (χ0n) is 9.35. The Morgan fingerprint density at radius 2 is 2.44 bits per heavy atom. The van der Waals surface area contributed by atoms with E-state index in [0.29, 0.717) is 32.4 Å². The lowest BCUT2D eigenvalue weighted by atomic mass is 9.73. The molecule has 1 fully saturated rings. The van der Waals surface area contributed by atoms with Crippen LogP contribution >= 0.6 is 0 Å². The zero-order valence-corrected chi connectivity index (χ0v) is 9.35. The van der Waals surface area contributed by atoms with E-state index >= 15 is 0 Å². The molecule has 0 unspecified atom stereocenters. The van der Waals surface area contributed by atoms with Crippen molar-refractivity contribution in [2.24, 2.45) is 10.8 Å². The van der Waals surface area contributed by atoms with Crippen LogP contribution in [0, 0.1) is 0 Å². The highest BCUT2D eigenvalue weighted by Crippen LogP contribution is 2.33. The van der Waals surface area contributed by atoms with Gasteiger partial charge >= 0.3 is 0 Å². The normalized spacial score (nSPS) is 27.9. The second-order valence-corrected chi connectivity index (χ2v) is 3.95. The molecule has 0 aliphatic heterocycles. The van der Waals surface area contributed by atoms with E-state index in [4.69, 9.17) is 16.0 Å². The molecule has 1 rings (SSSR count). The summed E-state index contributed by atoms with van der Waals surface area (Å²) >= 11 is 0. The fourth-order valence-electron chi connectivity index (χ4n) is 1.84. The van der Waals surface area contributed by atoms with Gasteiger partial charge in [0.1, 0.15) is 5.54 Å². The number of methoxy groups -OCH3 is 1. The van der Waals surface area contributed by atoms with E-state index in [2.05, 4.69) is 15.3 Å². The molecule has 7 heteroatoms. The van der Waals surface area contributed by atoms with Gasteiger partial charge in [-0.1, -0.05) is 5.11 Å². The first kappa shape index (κ1) is 12.8. The third-order valence-corrected chi connectivity index (χ3v) is 2.92. The molecule has 1 saturated carbocycles. The van der Waals surface area contributed by atoms with Gasteiger partial charge in [0.15, 0.2) is 0 Å². The van der Waals surface area contributed by atoms with E-state index in [-0.39, 0.29) is 12.0 Å². The smallest absolute Gasteiger partial charge is 0.237 e. The average molecular weight is 227 g/mol. The zero-order chi connectivity index (χ0) is 12.0. The molecule has 0 heterocycles. The Balaban J connectivity index is 2.31. The van der Waals surface area contributed by atoms with Crippen molar-refractivity contribution in [1.82, 2.24) is 5.32 Å². The number of nitrogens with zero attached hydrogens (tertiary/aromatic N) is 3. The molecule has 0 radical (unpaired) electrons. The molecule has 0 bridgehead atoms. The van der Waals surface area contributed by atoms with Crippen LogP contribution in [-0.2, 0) is 9.53 Å². The first-order valence-electron chi connectivity index (χ1n) is 5.23. The molecule has 0 spiro atoms. The Kier molecular flexibility index (Phi) is 4.54. The van der Waals surface area contributed by atoms with Crippen molar-refractivity contribution in [3.05, 3.63) is 10.4 Å². The Morgan fingerprint density at radius 3 is 2.94 bits per heavy atom. The average Bonchev–Trinajstić information content (AvgIpc) is 2.20. The Hall–Kier alpha value is -1.30. The first-order valence-corrected chi connectivity index (χ1v) is 5.23. The number of azide groups is 1. The molecule has 1 amide bonds. The fraction of sp³-hybridized carbons (Fsp3) is 0.889. The van der Waals surface area contributed by atoms with Gasteiger partial charge in [0.05, 0.1) is 6.10 Å². The van der Waals surface area contributed by atoms with Crippen molar-refractivity contribution in [2.45, 2.75) is 30.9 Å². The molecule has 7 nitrogen and oxygen atoms in total. The molecule has 90 valence electrons. The molecule has 0 aromatic rings. The van der Waals surface area contributed by atoms with Gasteiger partial charge in [0.25, 0.3) is 0 Å². The van der Waals surface area contributed by atoms with Crippen LogP contribution in [0.4, 0.5) is 0 Å². The number of carbonyl (C=O) groups excluding carboxylic acids is 1. The number of primary amides is 1. The van der Waals surface area contributed by atoms with Crippen molar-refractivity contribution in [3.63, 3.8) is 0 Å². The summed E-state index contributed by atoms with van der Waals surface area (Å²) in [5, 5.41) is 6.53. The van der Waals surface area contributed by atoms with Crippen LogP contribution in [0.15, 0.2) is 5.11 Å². The van der Waals surface area contributed by atoms with Gasteiger partial charge in [0, 0.05) is 31.4 Å². The number of hydrogen-bond donors (Lipinski definition) is 2. The van der Waals surface area contributed by atoms with Gasteiger partial charge in [-0.05, 0) is 18.5 Å². The SMILES string of the molecule is COC1CC(NCCCN=[N+]=[N-])(C(N)=O)C1. The predicted molar refractivity (Wildman–Crippen MR) is 58.6 cm³/mol. The maximum absolute atomic E-state index is 11.3. The lowest BCUT2D eigenvalue weighted by molar-refractivity contribution is -0.135. The van der Waals surface area contributed by atoms with Crippen LogP contribution in [0.2, 0.25) is 0 Å². The third-order valence-electron chi connectivity index (χ3n) is 2.92. The highest BCUT2D eigenvalue weighted by Gasteiger charge is 2.48. The Labute approximate surface area is 94.0 Å². The number of carbonyl (C=O) groups is 1. The van der Waals surface area contributed by atoms with Crippen LogP contribution in [0.3, 0.4) is 0 Å². The van der Waals surface area contributed by atoms with Crippen molar-refractivity contribution in [2.75, 3.05) is 20.2 Å². The third kappa shape index (κ3) is 2.85.